The van der Waals surface area contributed by atoms with E-state index in [4.69, 9.17) is 18.4 Å². The number of fused-ring (bicyclic) bond motifs is 3. The number of aliphatic carboxylic acids is 2. The van der Waals surface area contributed by atoms with Crippen LogP contribution in [0.2, 0.25) is 0 Å². The van der Waals surface area contributed by atoms with Crippen molar-refractivity contribution in [2.75, 3.05) is 6.61 Å². The van der Waals surface area contributed by atoms with Crippen molar-refractivity contribution in [3.8, 4) is 0 Å². The molecule has 0 radical (unpaired) electrons. The van der Waals surface area contributed by atoms with E-state index in [-0.39, 0.29) is 37.0 Å². The molecule has 0 aromatic heterocycles. The Bertz CT molecular complexity index is 1610. The van der Waals surface area contributed by atoms with Crippen LogP contribution in [0, 0.1) is 39.9 Å². The Labute approximate surface area is 295 Å². The Hall–Kier alpha value is -2.27. The third kappa shape index (κ3) is 7.20. The number of hydrogen-bond acceptors (Lipinski definition) is 14. The molecule has 12 atom stereocenters. The summed E-state index contributed by atoms with van der Waals surface area (Å²) in [5.74, 6) is -5.84. The van der Waals surface area contributed by atoms with Crippen LogP contribution in [0.4, 0.5) is 0 Å². The summed E-state index contributed by atoms with van der Waals surface area (Å²) < 4.78 is 93.4. The third-order valence-corrected chi connectivity index (χ3v) is 12.9. The third-order valence-electron chi connectivity index (χ3n) is 12.0. The van der Waals surface area contributed by atoms with Gasteiger partial charge in [-0.2, -0.15) is 16.8 Å². The highest BCUT2D eigenvalue weighted by atomic mass is 32.3. The Morgan fingerprint density at radius 1 is 0.922 bits per heavy atom. The lowest BCUT2D eigenvalue weighted by Crippen LogP contribution is -2.67. The van der Waals surface area contributed by atoms with E-state index in [2.05, 4.69) is 10.8 Å². The second-order valence-electron chi connectivity index (χ2n) is 15.3. The number of carbonyl (C=O) groups excluding carboxylic acids is 1. The Morgan fingerprint density at radius 3 is 2.08 bits per heavy atom. The van der Waals surface area contributed by atoms with Gasteiger partial charge in [0.2, 0.25) is 0 Å². The maximum Gasteiger partial charge on any atom is 0.397 e. The van der Waals surface area contributed by atoms with Gasteiger partial charge in [0.15, 0.2) is 23.9 Å². The van der Waals surface area contributed by atoms with E-state index < -0.39 is 117 Å². The van der Waals surface area contributed by atoms with Crippen molar-refractivity contribution >= 4 is 38.7 Å². The molecule has 1 aliphatic heterocycles. The standard InChI is InChI=1S/C31H46O18S2/c1-14(2)9-21(33)47-24-23(49-51(42,43)44)22(48-50(39,40)41)18(13-32)46-26(24)45-17-11-29(4)19-6-5-16-10-30(19,25(34)15(16)3)8-7-20(29)31(12-17,27(35)36)28(37)38/h14,16-20,22-26,32,34H,3,5-13H2,1-2,4H3,(H,35,36)(H,37,38)(H,39,40,41)(H,42,43,44)/t16-,17-,18+,19-,20-,22+,23-,24+,25-,26+,29-,30+/m0/s1. The molecule has 0 aromatic rings. The maximum absolute atomic E-state index is 13.1. The van der Waals surface area contributed by atoms with Crippen LogP contribution in [-0.4, -0.2) is 114 Å². The van der Waals surface area contributed by atoms with Crippen molar-refractivity contribution in [2.24, 2.45) is 39.9 Å². The minimum absolute atomic E-state index is 0.00133. The molecule has 1 saturated heterocycles. The highest BCUT2D eigenvalue weighted by molar-refractivity contribution is 7.81. The SMILES string of the molecule is C=C1[C@H]2CC[C@H]3[C@]4(C)C[C@H](O[C@@H]5O[C@H](CO)[C@@H](OS(=O)(=O)O)[C@H](OS(=O)(=O)O)[C@H]5OC(=O)CC(C)C)CC(C(=O)O)(C(=O)O)[C@H]4CC[C@]3(C2)[C@H]1O. The zero-order chi connectivity index (χ0) is 38.1. The minimum Gasteiger partial charge on any atom is -0.480 e. The summed E-state index contributed by atoms with van der Waals surface area (Å²) in [5.41, 5.74) is -3.52. The van der Waals surface area contributed by atoms with Crippen molar-refractivity contribution in [1.29, 1.82) is 0 Å². The molecule has 1 spiro atoms. The molecule has 2 bridgehead atoms. The molecule has 51 heavy (non-hydrogen) atoms. The van der Waals surface area contributed by atoms with Gasteiger partial charge >= 0.3 is 38.7 Å². The van der Waals surface area contributed by atoms with E-state index >= 15 is 0 Å². The van der Waals surface area contributed by atoms with E-state index in [0.717, 1.165) is 0 Å². The van der Waals surface area contributed by atoms with E-state index in [9.17, 15) is 60.8 Å². The predicted octanol–water partition coefficient (Wildman–Crippen LogP) is 1.12. The first-order chi connectivity index (χ1) is 23.5. The molecule has 0 amide bonds. The van der Waals surface area contributed by atoms with Gasteiger partial charge in [-0.25, -0.2) is 8.37 Å². The van der Waals surface area contributed by atoms with Gasteiger partial charge in [0.05, 0.1) is 18.8 Å². The van der Waals surface area contributed by atoms with E-state index in [1.54, 1.807) is 20.8 Å². The van der Waals surface area contributed by atoms with Crippen molar-refractivity contribution in [3.63, 3.8) is 0 Å². The number of carboxylic acid groups (broad SMARTS) is 2. The average molecular weight is 771 g/mol. The first-order valence-electron chi connectivity index (χ1n) is 16.7. The lowest BCUT2D eigenvalue weighted by molar-refractivity contribution is -0.318. The van der Waals surface area contributed by atoms with Crippen LogP contribution in [0.5, 0.6) is 0 Å². The Balaban J connectivity index is 1.59. The van der Waals surface area contributed by atoms with E-state index in [1.165, 1.54) is 0 Å². The number of esters is 1. The van der Waals surface area contributed by atoms with Gasteiger partial charge in [0, 0.05) is 18.3 Å². The largest absolute Gasteiger partial charge is 0.480 e. The van der Waals surface area contributed by atoms with Crippen LogP contribution in [-0.2, 0) is 57.8 Å². The highest BCUT2D eigenvalue weighted by Gasteiger charge is 2.72. The number of aliphatic hydroxyl groups excluding tert-OH is 2. The summed E-state index contributed by atoms with van der Waals surface area (Å²) in [6.45, 7) is 8.03. The van der Waals surface area contributed by atoms with Gasteiger partial charge in [0.25, 0.3) is 0 Å². The van der Waals surface area contributed by atoms with Crippen molar-refractivity contribution in [3.05, 3.63) is 12.2 Å². The van der Waals surface area contributed by atoms with Gasteiger partial charge in [-0.3, -0.25) is 23.5 Å². The van der Waals surface area contributed by atoms with Crippen LogP contribution in [0.25, 0.3) is 0 Å². The molecule has 4 saturated carbocycles. The van der Waals surface area contributed by atoms with E-state index in [1.807, 2.05) is 0 Å². The summed E-state index contributed by atoms with van der Waals surface area (Å²) in [6, 6.07) is 0. The highest BCUT2D eigenvalue weighted by Crippen LogP contribution is 2.72. The van der Waals surface area contributed by atoms with Gasteiger partial charge in [-0.15, -0.1) is 0 Å². The summed E-state index contributed by atoms with van der Waals surface area (Å²) in [7, 11) is -11.0. The van der Waals surface area contributed by atoms with Gasteiger partial charge in [-0.05, 0) is 73.2 Å². The number of carbonyl (C=O) groups is 3. The molecule has 0 unspecified atom stereocenters. The van der Waals surface area contributed by atoms with Crippen LogP contribution in [0.1, 0.15) is 72.1 Å². The van der Waals surface area contributed by atoms with Gasteiger partial charge in [-0.1, -0.05) is 27.4 Å². The minimum atomic E-state index is -5.51. The second-order valence-corrected chi connectivity index (χ2v) is 17.4. The molecular formula is C31H46O18S2. The van der Waals surface area contributed by atoms with Crippen molar-refractivity contribution < 1.29 is 83.3 Å². The molecule has 4 aliphatic carbocycles. The molecule has 5 rings (SSSR count). The fourth-order valence-corrected chi connectivity index (χ4v) is 11.3. The molecule has 0 aromatic carbocycles. The molecule has 6 N–H and O–H groups in total. The molecule has 18 nitrogen and oxygen atoms in total. The number of ether oxygens (including phenoxy) is 3. The topological polar surface area (TPSA) is 287 Å². The maximum atomic E-state index is 13.1. The lowest BCUT2D eigenvalue weighted by Gasteiger charge is -2.64. The van der Waals surface area contributed by atoms with Crippen molar-refractivity contribution in [1.82, 2.24) is 0 Å². The van der Waals surface area contributed by atoms with Crippen molar-refractivity contribution in [2.45, 2.75) is 115 Å². The fourth-order valence-electron chi connectivity index (χ4n) is 10.3. The van der Waals surface area contributed by atoms with E-state index in [0.29, 0.717) is 31.3 Å². The number of hydrogen-bond donors (Lipinski definition) is 6. The first-order valence-corrected chi connectivity index (χ1v) is 19.5. The number of aliphatic hydroxyl groups is 2. The zero-order valence-electron chi connectivity index (χ0n) is 28.3. The molecule has 20 heteroatoms. The molecule has 1 heterocycles. The van der Waals surface area contributed by atoms with Gasteiger partial charge < -0.3 is 34.6 Å². The molecule has 5 fully saturated rings. The first kappa shape index (κ1) is 39.9. The molecular weight excluding hydrogens is 724 g/mol. The second kappa shape index (κ2) is 13.9. The normalized spacial score (nSPS) is 40.7. The molecule has 5 aliphatic rings. The Morgan fingerprint density at radius 2 is 1.53 bits per heavy atom. The predicted molar refractivity (Wildman–Crippen MR) is 169 cm³/mol. The monoisotopic (exact) mass is 770 g/mol. The van der Waals surface area contributed by atoms with Crippen LogP contribution < -0.4 is 0 Å². The summed E-state index contributed by atoms with van der Waals surface area (Å²) >= 11 is 0. The van der Waals surface area contributed by atoms with Crippen LogP contribution >= 0.6 is 0 Å². The van der Waals surface area contributed by atoms with Crippen LogP contribution in [0.3, 0.4) is 0 Å². The summed E-state index contributed by atoms with van der Waals surface area (Å²) in [4.78, 5) is 39.3. The zero-order valence-corrected chi connectivity index (χ0v) is 30.0. The van der Waals surface area contributed by atoms with Crippen LogP contribution in [0.15, 0.2) is 12.2 Å². The summed E-state index contributed by atoms with van der Waals surface area (Å²) in [6.07, 6.45) is -11.5. The number of rotatable bonds is 12. The fraction of sp³-hybridized carbons (Fsp3) is 0.839. The Kier molecular flexibility index (Phi) is 10.8. The van der Waals surface area contributed by atoms with Gasteiger partial charge in [0.1, 0.15) is 12.2 Å². The smallest absolute Gasteiger partial charge is 0.397 e. The average Bonchev–Trinajstić information content (AvgIpc) is 3.16. The number of carboxylic acids is 2. The quantitative estimate of drug-likeness (QED) is 0.0533. The summed E-state index contributed by atoms with van der Waals surface area (Å²) in [5, 5.41) is 42.9. The molecule has 290 valence electrons. The lowest BCUT2D eigenvalue weighted by atomic mass is 9.40.